The second kappa shape index (κ2) is 7.23. The molecule has 4 rings (SSSR count). The zero-order valence-electron chi connectivity index (χ0n) is 15.8. The van der Waals surface area contributed by atoms with Crippen LogP contribution in [0.4, 0.5) is 29.1 Å². The highest BCUT2D eigenvalue weighted by atomic mass is 19.4. The number of hydrogen-bond acceptors (Lipinski definition) is 6. The second-order valence-corrected chi connectivity index (χ2v) is 7.04. The number of alkyl halides is 4. The van der Waals surface area contributed by atoms with Gasteiger partial charge in [0.15, 0.2) is 11.3 Å². The molecule has 3 N–H and O–H groups in total. The molecule has 0 spiro atoms. The van der Waals surface area contributed by atoms with E-state index in [0.29, 0.717) is 12.4 Å². The van der Waals surface area contributed by atoms with Crippen LogP contribution in [0.15, 0.2) is 24.7 Å². The number of aryl methyl sites for hydroxylation is 1. The zero-order valence-corrected chi connectivity index (χ0v) is 15.8. The van der Waals surface area contributed by atoms with Crippen LogP contribution in [-0.2, 0) is 13.2 Å². The van der Waals surface area contributed by atoms with Crippen molar-refractivity contribution < 1.29 is 22.4 Å². The van der Waals surface area contributed by atoms with Crippen LogP contribution in [0.1, 0.15) is 22.5 Å². The van der Waals surface area contributed by atoms with Gasteiger partial charge in [-0.2, -0.15) is 23.4 Å². The van der Waals surface area contributed by atoms with Crippen LogP contribution in [0.25, 0.3) is 5.65 Å². The predicted molar refractivity (Wildman–Crippen MR) is 98.9 cm³/mol. The molecular weight excluding hydrogens is 408 g/mol. The average molecular weight is 426 g/mol. The molecule has 0 bridgehead atoms. The highest BCUT2D eigenvalue weighted by Gasteiger charge is 2.38. The molecule has 0 radical (unpaired) electrons. The van der Waals surface area contributed by atoms with Gasteiger partial charge in [0.25, 0.3) is 5.91 Å². The number of hydrogen-bond donors (Lipinski definition) is 2. The van der Waals surface area contributed by atoms with E-state index >= 15 is 0 Å². The molecule has 0 aromatic carbocycles. The van der Waals surface area contributed by atoms with E-state index in [2.05, 4.69) is 20.5 Å². The second-order valence-electron chi connectivity index (χ2n) is 7.04. The molecule has 3 aromatic heterocycles. The van der Waals surface area contributed by atoms with Crippen molar-refractivity contribution in [2.45, 2.75) is 24.8 Å². The molecule has 4 heterocycles. The van der Waals surface area contributed by atoms with Crippen molar-refractivity contribution in [2.75, 3.05) is 23.3 Å². The fraction of sp³-hybridized carbons (Fsp3) is 0.412. The summed E-state index contributed by atoms with van der Waals surface area (Å²) >= 11 is 0. The van der Waals surface area contributed by atoms with Crippen LogP contribution in [-0.4, -0.2) is 55.6 Å². The third-order valence-corrected chi connectivity index (χ3v) is 4.84. The number of anilines is 2. The largest absolute Gasteiger partial charge is 0.437 e. The van der Waals surface area contributed by atoms with Gasteiger partial charge in [0, 0.05) is 32.5 Å². The quantitative estimate of drug-likeness (QED) is 0.617. The third-order valence-electron chi connectivity index (χ3n) is 4.84. The molecule has 160 valence electrons. The first kappa shape index (κ1) is 20.1. The van der Waals surface area contributed by atoms with Crippen LogP contribution in [0.3, 0.4) is 0 Å². The highest BCUT2D eigenvalue weighted by Crippen LogP contribution is 2.33. The minimum atomic E-state index is -4.72. The summed E-state index contributed by atoms with van der Waals surface area (Å²) in [5, 5.41) is 9.60. The zero-order chi connectivity index (χ0) is 21.6. The Morgan fingerprint density at radius 2 is 2.13 bits per heavy atom. The van der Waals surface area contributed by atoms with Gasteiger partial charge in [-0.05, 0) is 12.5 Å². The van der Waals surface area contributed by atoms with Gasteiger partial charge in [0.2, 0.25) is 0 Å². The van der Waals surface area contributed by atoms with E-state index in [1.165, 1.54) is 17.8 Å². The molecule has 2 atom stereocenters. The fourth-order valence-corrected chi connectivity index (χ4v) is 3.34. The number of nitrogens with zero attached hydrogens (tertiary/aromatic N) is 6. The van der Waals surface area contributed by atoms with Crippen molar-refractivity contribution in [2.24, 2.45) is 12.8 Å². The minimum Gasteiger partial charge on any atom is -0.355 e. The first-order chi connectivity index (χ1) is 14.1. The van der Waals surface area contributed by atoms with Gasteiger partial charge in [-0.25, -0.2) is 13.9 Å². The number of carbonyl (C=O) groups is 1. The molecule has 1 saturated heterocycles. The lowest BCUT2D eigenvalue weighted by molar-refractivity contribution is -0.140. The minimum absolute atomic E-state index is 0.0153. The Bertz CT molecular complexity index is 1090. The van der Waals surface area contributed by atoms with Crippen molar-refractivity contribution >= 4 is 23.1 Å². The lowest BCUT2D eigenvalue weighted by Gasteiger charge is -2.33. The Balaban J connectivity index is 1.63. The van der Waals surface area contributed by atoms with Gasteiger partial charge < -0.3 is 16.0 Å². The maximum Gasteiger partial charge on any atom is 0.437 e. The summed E-state index contributed by atoms with van der Waals surface area (Å²) < 4.78 is 55.3. The van der Waals surface area contributed by atoms with Gasteiger partial charge in [-0.15, -0.1) is 0 Å². The van der Waals surface area contributed by atoms with Gasteiger partial charge in [-0.1, -0.05) is 0 Å². The Morgan fingerprint density at radius 1 is 1.37 bits per heavy atom. The Kier molecular flexibility index (Phi) is 4.84. The van der Waals surface area contributed by atoms with E-state index in [1.54, 1.807) is 17.2 Å². The summed E-state index contributed by atoms with van der Waals surface area (Å²) in [7, 11) is 1.32. The first-order valence-corrected chi connectivity index (χ1v) is 9.04. The number of piperidine rings is 1. The van der Waals surface area contributed by atoms with Gasteiger partial charge >= 0.3 is 6.18 Å². The van der Waals surface area contributed by atoms with Crippen LogP contribution >= 0.6 is 0 Å². The summed E-state index contributed by atoms with van der Waals surface area (Å²) in [5.74, 6) is -0.343. The summed E-state index contributed by atoms with van der Waals surface area (Å²) in [6, 6.07) is 0.992. The van der Waals surface area contributed by atoms with Crippen LogP contribution < -0.4 is 16.0 Å². The Labute approximate surface area is 167 Å². The normalized spacial score (nSPS) is 20.0. The molecule has 1 amide bonds. The number of halogens is 4. The third kappa shape index (κ3) is 3.67. The van der Waals surface area contributed by atoms with E-state index in [0.717, 1.165) is 10.9 Å². The molecule has 0 unspecified atom stereocenters. The Hall–Kier alpha value is -3.22. The average Bonchev–Trinajstić information content (AvgIpc) is 3.26. The number of amides is 1. The molecule has 0 aliphatic carbocycles. The number of rotatable bonds is 3. The monoisotopic (exact) mass is 426 g/mol. The molecule has 1 fully saturated rings. The van der Waals surface area contributed by atoms with Gasteiger partial charge in [0.05, 0.1) is 17.9 Å². The van der Waals surface area contributed by atoms with Crippen molar-refractivity contribution in [3.8, 4) is 0 Å². The van der Waals surface area contributed by atoms with Gasteiger partial charge in [-0.3, -0.25) is 9.48 Å². The summed E-state index contributed by atoms with van der Waals surface area (Å²) in [6.07, 6.45) is -1.73. The lowest BCUT2D eigenvalue weighted by Crippen LogP contribution is -2.50. The predicted octanol–water partition coefficient (Wildman–Crippen LogP) is 1.61. The van der Waals surface area contributed by atoms with E-state index in [9.17, 15) is 22.4 Å². The van der Waals surface area contributed by atoms with Crippen LogP contribution in [0, 0.1) is 0 Å². The molecule has 30 heavy (non-hydrogen) atoms. The summed E-state index contributed by atoms with van der Waals surface area (Å²) in [5.41, 5.74) is 4.25. The maximum absolute atomic E-state index is 13.6. The smallest absolute Gasteiger partial charge is 0.355 e. The fourth-order valence-electron chi connectivity index (χ4n) is 3.34. The SMILES string of the molecule is Cn1cc(NC(=O)c2cnn3ccc(N4CC[C@H](F)[C@@H](N)C4)nc23)c(C(F)(F)F)n1. The van der Waals surface area contributed by atoms with E-state index in [1.807, 2.05) is 0 Å². The van der Waals surface area contributed by atoms with Crippen molar-refractivity contribution in [3.05, 3.63) is 35.9 Å². The van der Waals surface area contributed by atoms with Crippen molar-refractivity contribution in [3.63, 3.8) is 0 Å². The van der Waals surface area contributed by atoms with Crippen molar-refractivity contribution in [1.82, 2.24) is 24.4 Å². The van der Waals surface area contributed by atoms with Gasteiger partial charge in [0.1, 0.15) is 17.6 Å². The van der Waals surface area contributed by atoms with E-state index in [4.69, 9.17) is 5.73 Å². The topological polar surface area (TPSA) is 106 Å². The van der Waals surface area contributed by atoms with Crippen molar-refractivity contribution in [1.29, 1.82) is 0 Å². The number of aromatic nitrogens is 5. The lowest BCUT2D eigenvalue weighted by atomic mass is 10.0. The molecular formula is C17H18F4N8O. The van der Waals surface area contributed by atoms with Crippen LogP contribution in [0.2, 0.25) is 0 Å². The standard InChI is InChI=1S/C17H18F4N8O/c1-27-8-12(14(26-27)17(19,20)21)24-16(30)9-6-23-29-5-3-13(25-15(9)29)28-4-2-10(18)11(22)7-28/h3,5-6,8,10-11H,2,4,7,22H2,1H3,(H,24,30)/t10-,11-/m0/s1. The molecule has 1 aliphatic rings. The van der Waals surface area contributed by atoms with E-state index in [-0.39, 0.29) is 24.2 Å². The molecule has 0 saturated carbocycles. The number of nitrogens with two attached hydrogens (primary N) is 1. The first-order valence-electron chi connectivity index (χ1n) is 9.04. The summed E-state index contributed by atoms with van der Waals surface area (Å²) in [4.78, 5) is 18.9. The Morgan fingerprint density at radius 3 is 2.83 bits per heavy atom. The molecule has 3 aromatic rings. The van der Waals surface area contributed by atoms with Crippen LogP contribution in [0.5, 0.6) is 0 Å². The number of fused-ring (bicyclic) bond motifs is 1. The van der Waals surface area contributed by atoms with E-state index < -0.39 is 35.7 Å². The highest BCUT2D eigenvalue weighted by molar-refractivity contribution is 6.08. The molecule has 9 nitrogen and oxygen atoms in total. The maximum atomic E-state index is 13.6. The number of carbonyl (C=O) groups excluding carboxylic acids is 1. The molecule has 1 aliphatic heterocycles. The number of nitrogens with one attached hydrogen (secondary N) is 1. The molecule has 13 heteroatoms. The summed E-state index contributed by atoms with van der Waals surface area (Å²) in [6.45, 7) is 0.656.